The number of carbonyl (C=O) groups excluding carboxylic acids is 1. The van der Waals surface area contributed by atoms with Crippen LogP contribution in [-0.4, -0.2) is 30.6 Å². The molecule has 1 aliphatic heterocycles. The van der Waals surface area contributed by atoms with E-state index in [1.165, 1.54) is 0 Å². The molecule has 0 aliphatic carbocycles. The lowest BCUT2D eigenvalue weighted by Crippen LogP contribution is -2.17. The van der Waals surface area contributed by atoms with E-state index < -0.39 is 0 Å². The van der Waals surface area contributed by atoms with Crippen molar-refractivity contribution in [1.82, 2.24) is 9.99 Å². The van der Waals surface area contributed by atoms with Crippen molar-refractivity contribution in [2.45, 2.75) is 20.0 Å². The minimum atomic E-state index is -0.313. The first-order valence-corrected chi connectivity index (χ1v) is 14.5. The fraction of sp³-hybridized carbons (Fsp3) is 0.135. The Morgan fingerprint density at radius 3 is 2.56 bits per heavy atom. The number of hydrogen-bond acceptors (Lipinski definition) is 6. The van der Waals surface area contributed by atoms with E-state index in [-0.39, 0.29) is 12.7 Å². The summed E-state index contributed by atoms with van der Waals surface area (Å²) in [7, 11) is 1.59. The number of nitrogens with zero attached hydrogens (tertiary/aromatic N) is 2. The van der Waals surface area contributed by atoms with Gasteiger partial charge in [0, 0.05) is 22.5 Å². The number of ether oxygens (including phenoxy) is 4. The fourth-order valence-electron chi connectivity index (χ4n) is 5.27. The summed E-state index contributed by atoms with van der Waals surface area (Å²) in [6.07, 6.45) is 3.94. The minimum absolute atomic E-state index is 0.219. The predicted molar refractivity (Wildman–Crippen MR) is 175 cm³/mol. The zero-order chi connectivity index (χ0) is 31.2. The second-order valence-electron chi connectivity index (χ2n) is 10.5. The molecule has 5 aromatic rings. The maximum Gasteiger partial charge on any atom is 0.271 e. The first kappa shape index (κ1) is 29.3. The highest BCUT2D eigenvalue weighted by Gasteiger charge is 2.16. The molecule has 0 bridgehead atoms. The molecule has 0 unspecified atom stereocenters. The molecule has 0 radical (unpaired) electrons. The highest BCUT2D eigenvalue weighted by atomic mass is 16.7. The quantitative estimate of drug-likeness (QED) is 0.0982. The van der Waals surface area contributed by atoms with E-state index in [0.717, 1.165) is 45.1 Å². The Bertz CT molecular complexity index is 1860. The van der Waals surface area contributed by atoms with E-state index in [1.807, 2.05) is 60.7 Å². The first-order valence-electron chi connectivity index (χ1n) is 14.5. The Hall–Kier alpha value is -5.76. The zero-order valence-electron chi connectivity index (χ0n) is 25.2. The second-order valence-corrected chi connectivity index (χ2v) is 10.5. The van der Waals surface area contributed by atoms with Crippen molar-refractivity contribution in [2.75, 3.05) is 13.9 Å². The van der Waals surface area contributed by atoms with Crippen molar-refractivity contribution in [3.63, 3.8) is 0 Å². The molecule has 1 amide bonds. The maximum atomic E-state index is 12.9. The van der Waals surface area contributed by atoms with Crippen LogP contribution in [0.25, 0.3) is 16.9 Å². The number of hydrazone groups is 1. The van der Waals surface area contributed by atoms with Gasteiger partial charge in [-0.25, -0.2) is 5.43 Å². The van der Waals surface area contributed by atoms with Gasteiger partial charge in [-0.3, -0.25) is 4.79 Å². The van der Waals surface area contributed by atoms with Crippen molar-refractivity contribution in [2.24, 2.45) is 5.10 Å². The Morgan fingerprint density at radius 1 is 0.978 bits per heavy atom. The summed E-state index contributed by atoms with van der Waals surface area (Å²) in [5.41, 5.74) is 9.97. The summed E-state index contributed by atoms with van der Waals surface area (Å²) >= 11 is 0. The molecule has 45 heavy (non-hydrogen) atoms. The van der Waals surface area contributed by atoms with Crippen LogP contribution < -0.4 is 24.4 Å². The summed E-state index contributed by atoms with van der Waals surface area (Å²) in [6, 6.07) is 31.4. The third-order valence-corrected chi connectivity index (χ3v) is 7.47. The molecular formula is C37H33N3O5. The van der Waals surface area contributed by atoms with Crippen LogP contribution in [0.1, 0.15) is 32.7 Å². The number of methoxy groups -OCH3 is 1. The first-order chi connectivity index (χ1) is 22.0. The number of carbonyl (C=O) groups is 1. The van der Waals surface area contributed by atoms with Crippen LogP contribution in [0.15, 0.2) is 115 Å². The van der Waals surface area contributed by atoms with Crippen LogP contribution in [0.4, 0.5) is 0 Å². The number of hydrogen-bond donors (Lipinski definition) is 1. The molecule has 1 N–H and O–H groups in total. The third kappa shape index (κ3) is 6.45. The number of allylic oxidation sites excluding steroid dienone is 1. The molecule has 2 heterocycles. The van der Waals surface area contributed by atoms with Crippen LogP contribution in [0, 0.1) is 6.92 Å². The van der Waals surface area contributed by atoms with Crippen LogP contribution in [0.2, 0.25) is 0 Å². The molecule has 8 nitrogen and oxygen atoms in total. The van der Waals surface area contributed by atoms with Gasteiger partial charge < -0.3 is 23.5 Å². The largest absolute Gasteiger partial charge is 0.493 e. The van der Waals surface area contributed by atoms with Gasteiger partial charge in [0.05, 0.1) is 19.0 Å². The topological polar surface area (TPSA) is 83.3 Å². The number of rotatable bonds is 11. The summed E-state index contributed by atoms with van der Waals surface area (Å²) in [4.78, 5) is 12.9. The molecule has 1 aromatic heterocycles. The second kappa shape index (κ2) is 13.3. The Kier molecular flexibility index (Phi) is 8.64. The average Bonchev–Trinajstić information content (AvgIpc) is 3.70. The van der Waals surface area contributed by atoms with Gasteiger partial charge in [0.15, 0.2) is 23.0 Å². The van der Waals surface area contributed by atoms with Crippen molar-refractivity contribution in [3.8, 4) is 39.9 Å². The molecule has 0 fully saturated rings. The van der Waals surface area contributed by atoms with Gasteiger partial charge in [-0.1, -0.05) is 42.5 Å². The number of aryl methyl sites for hydroxylation is 1. The summed E-state index contributed by atoms with van der Waals surface area (Å²) in [5.74, 6) is 2.28. The molecule has 8 heteroatoms. The standard InChI is InChI=1S/C37H33N3O5/c1-4-8-30-19-27(21-35(42-3)36(30)43-23-26-12-18-33-34(20-26)45-24-44-33)22-38-39-37(41)29-13-15-31(16-14-29)40-25(2)11-17-32(40)28-9-6-5-7-10-28/h4-7,9-22H,1,8,23-24H2,2-3H3,(H,39,41)/b38-22+. The number of benzene rings is 4. The van der Waals surface area contributed by atoms with E-state index in [4.69, 9.17) is 18.9 Å². The third-order valence-electron chi connectivity index (χ3n) is 7.47. The van der Waals surface area contributed by atoms with Gasteiger partial charge in [0.1, 0.15) is 6.61 Å². The molecule has 0 saturated carbocycles. The monoisotopic (exact) mass is 599 g/mol. The number of nitrogens with one attached hydrogen (secondary N) is 1. The van der Waals surface area contributed by atoms with E-state index >= 15 is 0 Å². The average molecular weight is 600 g/mol. The SMILES string of the molecule is C=CCc1cc(/C=N/NC(=O)c2ccc(-n3c(C)ccc3-c3ccccc3)cc2)cc(OC)c1OCc1ccc2c(c1)OCO2. The highest BCUT2D eigenvalue weighted by Crippen LogP contribution is 2.36. The van der Waals surface area contributed by atoms with Gasteiger partial charge in [-0.2, -0.15) is 5.10 Å². The summed E-state index contributed by atoms with van der Waals surface area (Å²) < 4.78 is 24.9. The molecule has 4 aromatic carbocycles. The molecule has 6 rings (SSSR count). The van der Waals surface area contributed by atoms with Gasteiger partial charge in [0.2, 0.25) is 6.79 Å². The minimum Gasteiger partial charge on any atom is -0.493 e. The summed E-state index contributed by atoms with van der Waals surface area (Å²) in [6.45, 7) is 6.49. The van der Waals surface area contributed by atoms with Gasteiger partial charge in [-0.05, 0) is 90.7 Å². The molecular weight excluding hydrogens is 566 g/mol. The number of aromatic nitrogens is 1. The van der Waals surface area contributed by atoms with Gasteiger partial charge in [0.25, 0.3) is 5.91 Å². The fourth-order valence-corrected chi connectivity index (χ4v) is 5.27. The molecule has 0 saturated heterocycles. The van der Waals surface area contributed by atoms with E-state index in [9.17, 15) is 4.79 Å². The van der Waals surface area contributed by atoms with Gasteiger partial charge in [-0.15, -0.1) is 6.58 Å². The van der Waals surface area contributed by atoms with Crippen molar-refractivity contribution < 1.29 is 23.7 Å². The lowest BCUT2D eigenvalue weighted by Gasteiger charge is -2.16. The van der Waals surface area contributed by atoms with E-state index in [2.05, 4.69) is 52.9 Å². The highest BCUT2D eigenvalue weighted by molar-refractivity contribution is 5.95. The molecule has 226 valence electrons. The van der Waals surface area contributed by atoms with Crippen LogP contribution in [0.5, 0.6) is 23.0 Å². The number of amides is 1. The van der Waals surface area contributed by atoms with Crippen LogP contribution >= 0.6 is 0 Å². The maximum absolute atomic E-state index is 12.9. The van der Waals surface area contributed by atoms with Crippen molar-refractivity contribution in [3.05, 3.63) is 138 Å². The lowest BCUT2D eigenvalue weighted by molar-refractivity contribution is 0.0955. The molecule has 1 aliphatic rings. The van der Waals surface area contributed by atoms with E-state index in [1.54, 1.807) is 31.5 Å². The van der Waals surface area contributed by atoms with E-state index in [0.29, 0.717) is 35.8 Å². The summed E-state index contributed by atoms with van der Waals surface area (Å²) in [5, 5.41) is 4.21. The molecule has 0 atom stereocenters. The van der Waals surface area contributed by atoms with Crippen LogP contribution in [0.3, 0.4) is 0 Å². The molecule has 0 spiro atoms. The van der Waals surface area contributed by atoms with Crippen molar-refractivity contribution in [1.29, 1.82) is 0 Å². The van der Waals surface area contributed by atoms with Gasteiger partial charge >= 0.3 is 0 Å². The number of fused-ring (bicyclic) bond motifs is 1. The Morgan fingerprint density at radius 2 is 1.78 bits per heavy atom. The Balaban J connectivity index is 1.14. The smallest absolute Gasteiger partial charge is 0.271 e. The lowest BCUT2D eigenvalue weighted by atomic mass is 10.1. The van der Waals surface area contributed by atoms with Crippen LogP contribution in [-0.2, 0) is 13.0 Å². The zero-order valence-corrected chi connectivity index (χ0v) is 25.2. The normalized spacial score (nSPS) is 11.9. The Labute approximate surface area is 262 Å². The van der Waals surface area contributed by atoms with Crippen molar-refractivity contribution >= 4 is 12.1 Å². The predicted octanol–water partition coefficient (Wildman–Crippen LogP) is 7.26.